The number of methoxy groups -OCH3 is 2. The Morgan fingerprint density at radius 3 is 2.06 bits per heavy atom. The summed E-state index contributed by atoms with van der Waals surface area (Å²) in [6, 6.07) is 14.7. The predicted molar refractivity (Wildman–Crippen MR) is 189 cm³/mol. The number of aromatic nitrogens is 2. The van der Waals surface area contributed by atoms with Gasteiger partial charge in [-0.15, -0.1) is 0 Å². The van der Waals surface area contributed by atoms with E-state index >= 15 is 0 Å². The molecule has 4 aliphatic heterocycles. The summed E-state index contributed by atoms with van der Waals surface area (Å²) in [6.45, 7) is 7.09. The van der Waals surface area contributed by atoms with E-state index in [1.807, 2.05) is 12.1 Å². The molecule has 3 aromatic rings. The second-order valence-corrected chi connectivity index (χ2v) is 14.6. The third kappa shape index (κ3) is 7.64. The van der Waals surface area contributed by atoms with Crippen LogP contribution in [0.4, 0.5) is 0 Å². The van der Waals surface area contributed by atoms with Crippen molar-refractivity contribution in [3.8, 4) is 11.5 Å². The van der Waals surface area contributed by atoms with Gasteiger partial charge in [-0.25, -0.2) is 4.79 Å². The van der Waals surface area contributed by atoms with Gasteiger partial charge in [0.15, 0.2) is 24.1 Å². The summed E-state index contributed by atoms with van der Waals surface area (Å²) in [5, 5.41) is 15.9. The molecule has 4 saturated heterocycles. The smallest absolute Gasteiger partial charge is 0.333 e. The van der Waals surface area contributed by atoms with Crippen LogP contribution in [0.3, 0.4) is 0 Å². The SMILES string of the molecule is COc1ccc(CO[C@H]2O[C@H](C[C@@H](O)[C@H]3O[C@@H](n4ccc(=O)n(Cc5ccc(OC)cc5)c4=O)[C@@H]4OC(C)(C)O[C@@H]43)[C@@H]3OC(C)(C)O[C@@H]3[C@H]2N=[N+]=[N-])cc1. The number of ether oxygens (including phenoxy) is 9. The van der Waals surface area contributed by atoms with Crippen LogP contribution in [0.25, 0.3) is 10.4 Å². The number of azide groups is 1. The Balaban J connectivity index is 1.13. The molecule has 0 bridgehead atoms. The van der Waals surface area contributed by atoms with Crippen LogP contribution in [0.1, 0.15) is 51.5 Å². The average Bonchev–Trinajstić information content (AvgIpc) is 3.77. The van der Waals surface area contributed by atoms with Crippen LogP contribution >= 0.6 is 0 Å². The Hall–Kier alpha value is -4.29. The summed E-state index contributed by atoms with van der Waals surface area (Å²) in [5.41, 5.74) is 9.91. The molecule has 17 nitrogen and oxygen atoms in total. The van der Waals surface area contributed by atoms with Crippen molar-refractivity contribution in [2.24, 2.45) is 5.11 Å². The van der Waals surface area contributed by atoms with Gasteiger partial charge in [0.05, 0.1) is 39.6 Å². The summed E-state index contributed by atoms with van der Waals surface area (Å²) < 4.78 is 56.9. The van der Waals surface area contributed by atoms with E-state index in [-0.39, 0.29) is 19.6 Å². The van der Waals surface area contributed by atoms with Gasteiger partial charge in [0.1, 0.15) is 48.1 Å². The van der Waals surface area contributed by atoms with Crippen molar-refractivity contribution < 1.29 is 47.7 Å². The van der Waals surface area contributed by atoms with Crippen molar-refractivity contribution in [2.75, 3.05) is 14.2 Å². The highest BCUT2D eigenvalue weighted by Gasteiger charge is 2.60. The Kier molecular flexibility index (Phi) is 10.6. The predicted octanol–water partition coefficient (Wildman–Crippen LogP) is 3.38. The summed E-state index contributed by atoms with van der Waals surface area (Å²) in [4.78, 5) is 29.9. The maximum atomic E-state index is 13.9. The fourth-order valence-electron chi connectivity index (χ4n) is 7.56. The van der Waals surface area contributed by atoms with E-state index in [1.54, 1.807) is 78.3 Å². The molecule has 54 heavy (non-hydrogen) atoms. The lowest BCUT2D eigenvalue weighted by atomic mass is 9.91. The maximum Gasteiger partial charge on any atom is 0.333 e. The van der Waals surface area contributed by atoms with Crippen LogP contribution < -0.4 is 20.7 Å². The van der Waals surface area contributed by atoms with Crippen molar-refractivity contribution in [1.82, 2.24) is 9.13 Å². The lowest BCUT2D eigenvalue weighted by molar-refractivity contribution is -0.254. The first-order chi connectivity index (χ1) is 25.8. The normalized spacial score (nSPS) is 31.3. The quantitative estimate of drug-likeness (QED) is 0.161. The minimum atomic E-state index is -1.24. The zero-order valence-electron chi connectivity index (χ0n) is 30.8. The largest absolute Gasteiger partial charge is 0.497 e. The molecule has 0 unspecified atom stereocenters. The maximum absolute atomic E-state index is 13.9. The highest BCUT2D eigenvalue weighted by atomic mass is 16.8. The van der Waals surface area contributed by atoms with Gasteiger partial charge < -0.3 is 47.7 Å². The lowest BCUT2D eigenvalue weighted by Gasteiger charge is -2.41. The molecule has 0 aliphatic carbocycles. The van der Waals surface area contributed by atoms with Crippen LogP contribution in [-0.4, -0.2) is 95.1 Å². The average molecular weight is 752 g/mol. The number of hydrogen-bond donors (Lipinski definition) is 1. The van der Waals surface area contributed by atoms with Crippen molar-refractivity contribution in [3.63, 3.8) is 0 Å². The van der Waals surface area contributed by atoms with E-state index < -0.39 is 84.1 Å². The van der Waals surface area contributed by atoms with E-state index in [1.165, 1.54) is 16.8 Å². The molecule has 0 amide bonds. The zero-order valence-corrected chi connectivity index (χ0v) is 30.8. The number of nitrogens with zero attached hydrogens (tertiary/aromatic N) is 5. The number of hydrogen-bond acceptors (Lipinski definition) is 13. The van der Waals surface area contributed by atoms with Gasteiger partial charge in [-0.1, -0.05) is 29.4 Å². The molecular weight excluding hydrogens is 706 g/mol. The molecular formula is C37H45N5O12. The van der Waals surface area contributed by atoms with Gasteiger partial charge in [-0.05, 0) is 68.6 Å². The molecule has 1 N–H and O–H groups in total. The van der Waals surface area contributed by atoms with Gasteiger partial charge in [-0.2, -0.15) is 0 Å². The molecule has 4 fully saturated rings. The summed E-state index contributed by atoms with van der Waals surface area (Å²) >= 11 is 0. The standard InChI is InChI=1S/C37H45N5O12/c1-36(2)51-29-25(49-34(27(39-40-38)30(29)52-36)48-19-21-9-13-23(47-6)14-10-21)17-24(43)28-31-32(54-37(3,4)53-31)33(50-28)41-16-15-26(44)42(35(41)45)18-20-7-11-22(46-5)12-8-20/h7-16,24-25,27-34,43H,17-19H2,1-6H3/t24-,25-,27-,28-,29+,30-,31-,32-,33-,34+/m1/s1. The first-order valence-corrected chi connectivity index (χ1v) is 17.7. The van der Waals surface area contributed by atoms with E-state index in [0.717, 1.165) is 10.1 Å². The highest BCUT2D eigenvalue weighted by molar-refractivity contribution is 5.28. The molecule has 10 atom stereocenters. The molecule has 5 heterocycles. The number of aliphatic hydroxyl groups is 1. The van der Waals surface area contributed by atoms with Crippen LogP contribution in [-0.2, 0) is 46.3 Å². The summed E-state index contributed by atoms with van der Waals surface area (Å²) in [6.07, 6.45) is -6.96. The molecule has 2 aromatic carbocycles. The highest BCUT2D eigenvalue weighted by Crippen LogP contribution is 2.46. The van der Waals surface area contributed by atoms with Crippen molar-refractivity contribution in [1.29, 1.82) is 0 Å². The molecule has 1 aromatic heterocycles. The monoisotopic (exact) mass is 751 g/mol. The number of benzene rings is 2. The van der Waals surface area contributed by atoms with E-state index in [4.69, 9.17) is 42.6 Å². The van der Waals surface area contributed by atoms with Gasteiger partial charge in [-0.3, -0.25) is 13.9 Å². The van der Waals surface area contributed by atoms with E-state index in [9.17, 15) is 20.2 Å². The molecule has 4 aliphatic rings. The van der Waals surface area contributed by atoms with E-state index in [2.05, 4.69) is 10.0 Å². The van der Waals surface area contributed by atoms with Crippen molar-refractivity contribution >= 4 is 0 Å². The van der Waals surface area contributed by atoms with Gasteiger partial charge in [0, 0.05) is 23.6 Å². The second kappa shape index (κ2) is 15.1. The molecule has 290 valence electrons. The molecule has 0 spiro atoms. The second-order valence-electron chi connectivity index (χ2n) is 14.6. The fraction of sp³-hybridized carbons (Fsp3) is 0.568. The van der Waals surface area contributed by atoms with Gasteiger partial charge in [0.25, 0.3) is 5.56 Å². The molecule has 17 heteroatoms. The van der Waals surface area contributed by atoms with Crippen molar-refractivity contribution in [2.45, 2.75) is 120 Å². The Bertz CT molecular complexity index is 1960. The Morgan fingerprint density at radius 2 is 1.43 bits per heavy atom. The Morgan fingerprint density at radius 1 is 0.833 bits per heavy atom. The molecule has 0 radical (unpaired) electrons. The Labute approximate surface area is 310 Å². The van der Waals surface area contributed by atoms with Gasteiger partial charge in [0.2, 0.25) is 0 Å². The van der Waals surface area contributed by atoms with Crippen LogP contribution in [0.2, 0.25) is 0 Å². The molecule has 7 rings (SSSR count). The minimum absolute atomic E-state index is 0.0107. The summed E-state index contributed by atoms with van der Waals surface area (Å²) in [5.74, 6) is -0.796. The lowest BCUT2D eigenvalue weighted by Crippen LogP contribution is -2.57. The fourth-order valence-corrected chi connectivity index (χ4v) is 7.56. The van der Waals surface area contributed by atoms with E-state index in [0.29, 0.717) is 17.1 Å². The first kappa shape index (κ1) is 38.0. The third-order valence-electron chi connectivity index (χ3n) is 10.0. The van der Waals surface area contributed by atoms with Crippen LogP contribution in [0.15, 0.2) is 75.5 Å². The van der Waals surface area contributed by atoms with Crippen molar-refractivity contribution in [3.05, 3.63) is 103 Å². The third-order valence-corrected chi connectivity index (χ3v) is 10.0. The number of fused-ring (bicyclic) bond motifs is 2. The van der Waals surface area contributed by atoms with Crippen LogP contribution in [0, 0.1) is 0 Å². The van der Waals surface area contributed by atoms with Crippen LogP contribution in [0.5, 0.6) is 11.5 Å². The number of aliphatic hydroxyl groups excluding tert-OH is 1. The molecule has 0 saturated carbocycles. The topological polar surface area (TPSA) is 196 Å². The zero-order chi connectivity index (χ0) is 38.4. The number of rotatable bonds is 12. The minimum Gasteiger partial charge on any atom is -0.497 e. The first-order valence-electron chi connectivity index (χ1n) is 17.7. The summed E-state index contributed by atoms with van der Waals surface area (Å²) in [7, 11) is 3.13. The van der Waals surface area contributed by atoms with Gasteiger partial charge >= 0.3 is 5.69 Å².